The topological polar surface area (TPSA) is 58.8 Å². The Balaban J connectivity index is 1.82. The Labute approximate surface area is 142 Å². The van der Waals surface area contributed by atoms with Gasteiger partial charge in [-0.1, -0.05) is 28.1 Å². The second kappa shape index (κ2) is 6.34. The van der Waals surface area contributed by atoms with Gasteiger partial charge in [0.15, 0.2) is 0 Å². The highest BCUT2D eigenvalue weighted by molar-refractivity contribution is 9.10. The Morgan fingerprint density at radius 2 is 2.13 bits per heavy atom. The van der Waals surface area contributed by atoms with Crippen molar-refractivity contribution in [3.8, 4) is 0 Å². The molecule has 1 amide bonds. The van der Waals surface area contributed by atoms with Crippen molar-refractivity contribution < 1.29 is 4.79 Å². The number of aryl methyl sites for hydroxylation is 2. The quantitative estimate of drug-likeness (QED) is 0.566. The summed E-state index contributed by atoms with van der Waals surface area (Å²) >= 11 is 3.40. The average Bonchev–Trinajstić information content (AvgIpc) is 2.82. The maximum absolute atomic E-state index is 12.4. The third-order valence-electron chi connectivity index (χ3n) is 3.40. The molecule has 0 atom stereocenters. The van der Waals surface area contributed by atoms with Crippen molar-refractivity contribution >= 4 is 33.7 Å². The van der Waals surface area contributed by atoms with Gasteiger partial charge in [-0.3, -0.25) is 9.20 Å². The number of fused-ring (bicyclic) bond motifs is 1. The van der Waals surface area contributed by atoms with Gasteiger partial charge in [0.25, 0.3) is 5.91 Å². The number of benzene rings is 1. The maximum atomic E-state index is 12.4. The smallest absolute Gasteiger partial charge is 0.290 e. The van der Waals surface area contributed by atoms with E-state index < -0.39 is 0 Å². The first-order valence-electron chi connectivity index (χ1n) is 7.09. The van der Waals surface area contributed by atoms with Crippen molar-refractivity contribution in [2.45, 2.75) is 13.8 Å². The number of imidazole rings is 1. The molecule has 0 spiro atoms. The van der Waals surface area contributed by atoms with Crippen molar-refractivity contribution in [3.63, 3.8) is 0 Å². The van der Waals surface area contributed by atoms with Crippen molar-refractivity contribution in [2.24, 2.45) is 5.10 Å². The minimum atomic E-state index is -0.287. The molecule has 6 heteroatoms. The number of carbonyl (C=O) groups excluding carboxylic acids is 1. The molecular formula is C17H15BrN4O. The Hall–Kier alpha value is -2.47. The molecule has 0 fully saturated rings. The van der Waals surface area contributed by atoms with Gasteiger partial charge in [-0.2, -0.15) is 5.10 Å². The summed E-state index contributed by atoms with van der Waals surface area (Å²) < 4.78 is 2.73. The summed E-state index contributed by atoms with van der Waals surface area (Å²) in [5, 5.41) is 4.02. The molecule has 1 aromatic carbocycles. The van der Waals surface area contributed by atoms with Crippen molar-refractivity contribution in [3.05, 3.63) is 69.6 Å². The largest absolute Gasteiger partial charge is 0.295 e. The van der Waals surface area contributed by atoms with Crippen LogP contribution >= 0.6 is 15.9 Å². The maximum Gasteiger partial charge on any atom is 0.290 e. The molecule has 2 aromatic heterocycles. The fourth-order valence-corrected chi connectivity index (χ4v) is 2.76. The van der Waals surface area contributed by atoms with Crippen LogP contribution in [0.15, 0.2) is 52.2 Å². The van der Waals surface area contributed by atoms with E-state index in [-0.39, 0.29) is 5.91 Å². The number of carbonyl (C=O) groups is 1. The Kier molecular flexibility index (Phi) is 4.25. The highest BCUT2D eigenvalue weighted by Gasteiger charge is 2.15. The van der Waals surface area contributed by atoms with Crippen LogP contribution in [0.1, 0.15) is 27.3 Å². The summed E-state index contributed by atoms with van der Waals surface area (Å²) in [6.45, 7) is 3.81. The molecule has 0 aliphatic heterocycles. The summed E-state index contributed by atoms with van der Waals surface area (Å²) in [4.78, 5) is 16.8. The number of hydrogen-bond donors (Lipinski definition) is 1. The first kappa shape index (κ1) is 15.4. The molecule has 3 rings (SSSR count). The molecule has 0 radical (unpaired) electrons. The standard InChI is InChI=1S/C17H15BrN4O/c1-11-6-7-22-15(8-11)20-12(2)16(22)17(23)21-19-10-13-4-3-5-14(18)9-13/h3-10H,1-2H3,(H,21,23)/b19-10+. The van der Waals surface area contributed by atoms with E-state index in [2.05, 4.69) is 31.4 Å². The molecule has 0 aliphatic carbocycles. The summed E-state index contributed by atoms with van der Waals surface area (Å²) in [6, 6.07) is 11.5. The molecule has 0 bridgehead atoms. The van der Waals surface area contributed by atoms with Gasteiger partial charge in [0.05, 0.1) is 11.9 Å². The number of nitrogens with zero attached hydrogens (tertiary/aromatic N) is 3. The van der Waals surface area contributed by atoms with Gasteiger partial charge in [0.1, 0.15) is 11.3 Å². The fourth-order valence-electron chi connectivity index (χ4n) is 2.34. The molecule has 0 aliphatic rings. The van der Waals surface area contributed by atoms with Gasteiger partial charge < -0.3 is 0 Å². The molecule has 23 heavy (non-hydrogen) atoms. The minimum absolute atomic E-state index is 0.287. The van der Waals surface area contributed by atoms with Crippen LogP contribution in [-0.4, -0.2) is 21.5 Å². The summed E-state index contributed by atoms with van der Waals surface area (Å²) in [5.74, 6) is -0.287. The average molecular weight is 371 g/mol. The van der Waals surface area contributed by atoms with Crippen LogP contribution in [0.3, 0.4) is 0 Å². The molecule has 2 heterocycles. The van der Waals surface area contributed by atoms with E-state index in [1.165, 1.54) is 0 Å². The van der Waals surface area contributed by atoms with Crippen LogP contribution in [0.4, 0.5) is 0 Å². The highest BCUT2D eigenvalue weighted by atomic mass is 79.9. The molecular weight excluding hydrogens is 356 g/mol. The van der Waals surface area contributed by atoms with Crippen LogP contribution < -0.4 is 5.43 Å². The van der Waals surface area contributed by atoms with E-state index in [0.717, 1.165) is 21.2 Å². The van der Waals surface area contributed by atoms with Crippen LogP contribution in [-0.2, 0) is 0 Å². The van der Waals surface area contributed by atoms with Gasteiger partial charge in [-0.15, -0.1) is 0 Å². The minimum Gasteiger partial charge on any atom is -0.295 e. The first-order chi connectivity index (χ1) is 11.0. The van der Waals surface area contributed by atoms with E-state index in [9.17, 15) is 4.79 Å². The number of nitrogens with one attached hydrogen (secondary N) is 1. The van der Waals surface area contributed by atoms with Gasteiger partial charge in [0, 0.05) is 10.7 Å². The SMILES string of the molecule is Cc1ccn2c(C(=O)N/N=C/c3cccc(Br)c3)c(C)nc2c1. The zero-order valence-corrected chi connectivity index (χ0v) is 14.3. The predicted octanol–water partition coefficient (Wildman–Crippen LogP) is 3.48. The Morgan fingerprint density at radius 3 is 2.91 bits per heavy atom. The second-order valence-corrected chi connectivity index (χ2v) is 6.15. The zero-order chi connectivity index (χ0) is 16.4. The number of hydrogen-bond acceptors (Lipinski definition) is 3. The number of pyridine rings is 1. The molecule has 0 unspecified atom stereocenters. The van der Waals surface area contributed by atoms with E-state index in [4.69, 9.17) is 0 Å². The number of halogens is 1. The lowest BCUT2D eigenvalue weighted by molar-refractivity contribution is 0.0948. The monoisotopic (exact) mass is 370 g/mol. The summed E-state index contributed by atoms with van der Waals surface area (Å²) in [7, 11) is 0. The summed E-state index contributed by atoms with van der Waals surface area (Å²) in [5.41, 5.74) is 6.47. The van der Waals surface area contributed by atoms with Gasteiger partial charge in [-0.25, -0.2) is 10.4 Å². The van der Waals surface area contributed by atoms with Crippen LogP contribution in [0, 0.1) is 13.8 Å². The molecule has 1 N–H and O–H groups in total. The molecule has 116 valence electrons. The van der Waals surface area contributed by atoms with Crippen LogP contribution in [0.2, 0.25) is 0 Å². The van der Waals surface area contributed by atoms with Crippen molar-refractivity contribution in [2.75, 3.05) is 0 Å². The Morgan fingerprint density at radius 1 is 1.30 bits per heavy atom. The van der Waals surface area contributed by atoms with Crippen molar-refractivity contribution in [1.82, 2.24) is 14.8 Å². The molecule has 0 saturated carbocycles. The van der Waals surface area contributed by atoms with E-state index in [0.29, 0.717) is 11.4 Å². The normalized spacial score (nSPS) is 11.3. The molecule has 5 nitrogen and oxygen atoms in total. The second-order valence-electron chi connectivity index (χ2n) is 5.23. The third kappa shape index (κ3) is 3.32. The number of rotatable bonds is 3. The van der Waals surface area contributed by atoms with E-state index in [1.807, 2.05) is 56.4 Å². The number of hydrazone groups is 1. The number of amides is 1. The summed E-state index contributed by atoms with van der Waals surface area (Å²) in [6.07, 6.45) is 3.45. The number of aromatic nitrogens is 2. The van der Waals surface area contributed by atoms with Gasteiger partial charge >= 0.3 is 0 Å². The molecule has 3 aromatic rings. The Bertz CT molecular complexity index is 914. The fraction of sp³-hybridized carbons (Fsp3) is 0.118. The predicted molar refractivity (Wildman–Crippen MR) is 93.9 cm³/mol. The highest BCUT2D eigenvalue weighted by Crippen LogP contribution is 2.13. The van der Waals surface area contributed by atoms with Gasteiger partial charge in [0.2, 0.25) is 0 Å². The van der Waals surface area contributed by atoms with Gasteiger partial charge in [-0.05, 0) is 49.2 Å². The first-order valence-corrected chi connectivity index (χ1v) is 7.88. The van der Waals surface area contributed by atoms with Crippen molar-refractivity contribution in [1.29, 1.82) is 0 Å². The van der Waals surface area contributed by atoms with E-state index in [1.54, 1.807) is 10.6 Å². The lowest BCUT2D eigenvalue weighted by atomic mass is 10.2. The van der Waals surface area contributed by atoms with Crippen LogP contribution in [0.25, 0.3) is 5.65 Å². The lowest BCUT2D eigenvalue weighted by Gasteiger charge is -2.02. The zero-order valence-electron chi connectivity index (χ0n) is 12.7. The molecule has 0 saturated heterocycles. The lowest BCUT2D eigenvalue weighted by Crippen LogP contribution is -2.20. The van der Waals surface area contributed by atoms with Crippen LogP contribution in [0.5, 0.6) is 0 Å². The third-order valence-corrected chi connectivity index (χ3v) is 3.89. The van der Waals surface area contributed by atoms with E-state index >= 15 is 0 Å².